The SMILES string of the molecule is Cc1ccc(S(=O)(=O)NCCC(=O)O)cc1N(C)C. The minimum absolute atomic E-state index is 0.122. The Morgan fingerprint density at radius 2 is 2.00 bits per heavy atom. The molecule has 0 heterocycles. The number of nitrogens with zero attached hydrogens (tertiary/aromatic N) is 1. The van der Waals surface area contributed by atoms with Crippen molar-refractivity contribution in [1.29, 1.82) is 0 Å². The first-order valence-corrected chi connectivity index (χ1v) is 7.22. The zero-order valence-electron chi connectivity index (χ0n) is 11.2. The summed E-state index contributed by atoms with van der Waals surface area (Å²) in [5.74, 6) is -1.04. The van der Waals surface area contributed by atoms with Gasteiger partial charge in [-0.15, -0.1) is 0 Å². The van der Waals surface area contributed by atoms with Crippen molar-refractivity contribution in [2.45, 2.75) is 18.2 Å². The summed E-state index contributed by atoms with van der Waals surface area (Å²) in [7, 11) is -0.00883. The molecule has 0 spiro atoms. The third kappa shape index (κ3) is 4.22. The predicted molar refractivity (Wildman–Crippen MR) is 72.9 cm³/mol. The predicted octanol–water partition coefficient (Wildman–Crippen LogP) is 0.814. The van der Waals surface area contributed by atoms with Crippen molar-refractivity contribution in [1.82, 2.24) is 4.72 Å². The van der Waals surface area contributed by atoms with Crippen LogP contribution in [0, 0.1) is 6.92 Å². The molecular weight excluding hydrogens is 268 g/mol. The van der Waals surface area contributed by atoms with Gasteiger partial charge in [-0.2, -0.15) is 0 Å². The molecule has 0 unspecified atom stereocenters. The van der Waals surface area contributed by atoms with Crippen LogP contribution in [0.5, 0.6) is 0 Å². The van der Waals surface area contributed by atoms with E-state index in [9.17, 15) is 13.2 Å². The molecule has 0 radical (unpaired) electrons. The molecular formula is C12H18N2O4S. The number of hydrogen-bond acceptors (Lipinski definition) is 4. The van der Waals surface area contributed by atoms with E-state index in [0.717, 1.165) is 11.3 Å². The largest absolute Gasteiger partial charge is 0.481 e. The molecule has 0 aliphatic rings. The summed E-state index contributed by atoms with van der Waals surface area (Å²) in [6.45, 7) is 1.77. The molecule has 0 aliphatic carbocycles. The molecule has 0 bridgehead atoms. The molecule has 0 amide bonds. The lowest BCUT2D eigenvalue weighted by Gasteiger charge is -2.17. The Bertz CT molecular complexity index is 567. The number of anilines is 1. The second-order valence-electron chi connectivity index (χ2n) is 4.38. The van der Waals surface area contributed by atoms with Gasteiger partial charge in [-0.05, 0) is 24.6 Å². The van der Waals surface area contributed by atoms with Crippen LogP contribution in [0.15, 0.2) is 23.1 Å². The average Bonchev–Trinajstić information content (AvgIpc) is 2.27. The summed E-state index contributed by atoms with van der Waals surface area (Å²) in [5.41, 5.74) is 1.77. The molecule has 106 valence electrons. The van der Waals surface area contributed by atoms with Crippen LogP contribution in [0.1, 0.15) is 12.0 Å². The summed E-state index contributed by atoms with van der Waals surface area (Å²) < 4.78 is 26.2. The Kier molecular flexibility index (Phi) is 4.90. The Labute approximate surface area is 113 Å². The fourth-order valence-electron chi connectivity index (χ4n) is 1.61. The highest BCUT2D eigenvalue weighted by molar-refractivity contribution is 7.89. The molecule has 1 aromatic rings. The maximum absolute atomic E-state index is 12.0. The Morgan fingerprint density at radius 3 is 2.53 bits per heavy atom. The molecule has 1 rings (SSSR count). The maximum Gasteiger partial charge on any atom is 0.304 e. The van der Waals surface area contributed by atoms with E-state index in [1.54, 1.807) is 12.1 Å². The second-order valence-corrected chi connectivity index (χ2v) is 6.15. The van der Waals surface area contributed by atoms with Crippen LogP contribution >= 0.6 is 0 Å². The second kappa shape index (κ2) is 6.03. The van der Waals surface area contributed by atoms with E-state index in [0.29, 0.717) is 0 Å². The third-order valence-electron chi connectivity index (χ3n) is 2.60. The van der Waals surface area contributed by atoms with E-state index in [1.165, 1.54) is 6.07 Å². The highest BCUT2D eigenvalue weighted by Gasteiger charge is 2.16. The number of benzene rings is 1. The van der Waals surface area contributed by atoms with Gasteiger partial charge in [0.2, 0.25) is 10.0 Å². The Morgan fingerprint density at radius 1 is 1.37 bits per heavy atom. The minimum atomic E-state index is -3.67. The number of aliphatic carboxylic acids is 1. The molecule has 1 aromatic carbocycles. The zero-order chi connectivity index (χ0) is 14.6. The van der Waals surface area contributed by atoms with Crippen molar-refractivity contribution in [3.05, 3.63) is 23.8 Å². The van der Waals surface area contributed by atoms with Crippen molar-refractivity contribution in [3.8, 4) is 0 Å². The molecule has 0 atom stereocenters. The van der Waals surface area contributed by atoms with Gasteiger partial charge in [0.1, 0.15) is 0 Å². The molecule has 2 N–H and O–H groups in total. The quantitative estimate of drug-likeness (QED) is 0.808. The van der Waals surface area contributed by atoms with Crippen LogP contribution in [0.3, 0.4) is 0 Å². The van der Waals surface area contributed by atoms with E-state index >= 15 is 0 Å². The van der Waals surface area contributed by atoms with E-state index in [2.05, 4.69) is 4.72 Å². The van der Waals surface area contributed by atoms with Crippen molar-refractivity contribution in [2.24, 2.45) is 0 Å². The van der Waals surface area contributed by atoms with Gasteiger partial charge >= 0.3 is 5.97 Å². The van der Waals surface area contributed by atoms with Gasteiger partial charge in [-0.1, -0.05) is 6.07 Å². The monoisotopic (exact) mass is 286 g/mol. The van der Waals surface area contributed by atoms with E-state index in [-0.39, 0.29) is 17.9 Å². The lowest BCUT2D eigenvalue weighted by molar-refractivity contribution is -0.136. The summed E-state index contributed by atoms with van der Waals surface area (Å²) in [4.78, 5) is 12.3. The number of hydrogen-bond donors (Lipinski definition) is 2. The summed E-state index contributed by atoms with van der Waals surface area (Å²) in [5, 5.41) is 8.49. The third-order valence-corrected chi connectivity index (χ3v) is 4.06. The first kappa shape index (κ1) is 15.5. The van der Waals surface area contributed by atoms with Gasteiger partial charge in [-0.3, -0.25) is 4.79 Å². The molecule has 0 aromatic heterocycles. The van der Waals surface area contributed by atoms with Gasteiger partial charge in [0.05, 0.1) is 11.3 Å². The highest BCUT2D eigenvalue weighted by Crippen LogP contribution is 2.22. The molecule has 0 saturated carbocycles. The average molecular weight is 286 g/mol. The fraction of sp³-hybridized carbons (Fsp3) is 0.417. The molecule has 0 fully saturated rings. The van der Waals surface area contributed by atoms with Crippen LogP contribution < -0.4 is 9.62 Å². The van der Waals surface area contributed by atoms with Crippen molar-refractivity contribution >= 4 is 21.7 Å². The van der Waals surface area contributed by atoms with Crippen molar-refractivity contribution in [2.75, 3.05) is 25.5 Å². The summed E-state index contributed by atoms with van der Waals surface area (Å²) >= 11 is 0. The minimum Gasteiger partial charge on any atom is -0.481 e. The number of nitrogens with one attached hydrogen (secondary N) is 1. The van der Waals surface area contributed by atoms with Gasteiger partial charge in [-0.25, -0.2) is 13.1 Å². The Hall–Kier alpha value is -1.60. The summed E-state index contributed by atoms with van der Waals surface area (Å²) in [6, 6.07) is 4.80. The van der Waals surface area contributed by atoms with Crippen LogP contribution in [0.4, 0.5) is 5.69 Å². The number of aryl methyl sites for hydroxylation is 1. The molecule has 19 heavy (non-hydrogen) atoms. The lowest BCUT2D eigenvalue weighted by Crippen LogP contribution is -2.26. The number of sulfonamides is 1. The van der Waals surface area contributed by atoms with Crippen molar-refractivity contribution < 1.29 is 18.3 Å². The maximum atomic E-state index is 12.0. The normalized spacial score (nSPS) is 11.3. The topological polar surface area (TPSA) is 86.7 Å². The smallest absolute Gasteiger partial charge is 0.304 e. The number of carboxylic acids is 1. The summed E-state index contributed by atoms with van der Waals surface area (Å²) in [6.07, 6.45) is -0.244. The van der Waals surface area contributed by atoms with Crippen LogP contribution in [0.25, 0.3) is 0 Å². The van der Waals surface area contributed by atoms with Crippen molar-refractivity contribution in [3.63, 3.8) is 0 Å². The fourth-order valence-corrected chi connectivity index (χ4v) is 2.67. The number of carbonyl (C=O) groups is 1. The van der Waals surface area contributed by atoms with E-state index < -0.39 is 16.0 Å². The van der Waals surface area contributed by atoms with Gasteiger partial charge in [0.25, 0.3) is 0 Å². The number of rotatable bonds is 6. The van der Waals surface area contributed by atoms with E-state index in [1.807, 2.05) is 25.9 Å². The van der Waals surface area contributed by atoms with Gasteiger partial charge in [0, 0.05) is 26.3 Å². The molecule has 7 heteroatoms. The molecule has 6 nitrogen and oxygen atoms in total. The highest BCUT2D eigenvalue weighted by atomic mass is 32.2. The first-order valence-electron chi connectivity index (χ1n) is 5.73. The van der Waals surface area contributed by atoms with E-state index in [4.69, 9.17) is 5.11 Å². The van der Waals surface area contributed by atoms with Gasteiger partial charge < -0.3 is 10.0 Å². The first-order chi connectivity index (χ1) is 8.74. The molecule has 0 saturated heterocycles. The van der Waals surface area contributed by atoms with Crippen LogP contribution in [-0.2, 0) is 14.8 Å². The lowest BCUT2D eigenvalue weighted by atomic mass is 10.2. The standard InChI is InChI=1S/C12H18N2O4S/c1-9-4-5-10(8-11(9)14(2)3)19(17,18)13-7-6-12(15)16/h4-5,8,13H,6-7H2,1-3H3,(H,15,16). The van der Waals surface area contributed by atoms with Crippen LogP contribution in [0.2, 0.25) is 0 Å². The van der Waals surface area contributed by atoms with Gasteiger partial charge in [0.15, 0.2) is 0 Å². The molecule has 0 aliphatic heterocycles. The Balaban J connectivity index is 2.95. The number of carboxylic acid groups (broad SMARTS) is 1. The van der Waals surface area contributed by atoms with Crippen LogP contribution in [-0.4, -0.2) is 40.1 Å². The zero-order valence-corrected chi connectivity index (χ0v) is 12.0.